The van der Waals surface area contributed by atoms with E-state index in [2.05, 4.69) is 10.1 Å². The number of nitrogens with zero attached hydrogens (tertiary/aromatic N) is 5. The molecule has 3 rings (SSSR count). The number of likely N-dealkylation sites (tertiary alicyclic amines) is 1. The average molecular weight is 321 g/mol. The second kappa shape index (κ2) is 6.55. The van der Waals surface area contributed by atoms with E-state index in [4.69, 9.17) is 4.74 Å². The van der Waals surface area contributed by atoms with Crippen LogP contribution < -0.4 is 0 Å². The van der Waals surface area contributed by atoms with Crippen molar-refractivity contribution in [2.24, 2.45) is 0 Å². The third-order valence-electron chi connectivity index (χ3n) is 4.64. The number of carbonyl (C=O) groups excluding carboxylic acids is 2. The topological polar surface area (TPSA) is 80.6 Å². The molecule has 1 spiro atoms. The molecular formula is C15H23N5O3. The van der Waals surface area contributed by atoms with Crippen LogP contribution in [0.25, 0.3) is 0 Å². The van der Waals surface area contributed by atoms with Gasteiger partial charge in [-0.05, 0) is 19.3 Å². The number of aromatic nitrogens is 3. The summed E-state index contributed by atoms with van der Waals surface area (Å²) in [4.78, 5) is 31.4. The normalized spacial score (nSPS) is 24.8. The van der Waals surface area contributed by atoms with E-state index in [1.54, 1.807) is 23.0 Å². The highest BCUT2D eigenvalue weighted by Crippen LogP contribution is 2.32. The molecule has 2 fully saturated rings. The first-order valence-electron chi connectivity index (χ1n) is 8.12. The van der Waals surface area contributed by atoms with Gasteiger partial charge in [0.05, 0.1) is 6.54 Å². The maximum Gasteiger partial charge on any atom is 0.410 e. The van der Waals surface area contributed by atoms with Gasteiger partial charge in [-0.2, -0.15) is 5.10 Å². The molecule has 2 amide bonds. The van der Waals surface area contributed by atoms with Crippen LogP contribution in [0.4, 0.5) is 4.79 Å². The van der Waals surface area contributed by atoms with Crippen molar-refractivity contribution in [2.75, 3.05) is 26.7 Å². The Balaban J connectivity index is 1.47. The number of aryl methyl sites for hydroxylation is 1. The van der Waals surface area contributed by atoms with Crippen LogP contribution in [0.3, 0.4) is 0 Å². The third-order valence-corrected chi connectivity index (χ3v) is 4.64. The Morgan fingerprint density at radius 2 is 2.26 bits per heavy atom. The van der Waals surface area contributed by atoms with Crippen LogP contribution in [0.15, 0.2) is 12.7 Å². The van der Waals surface area contributed by atoms with Crippen LogP contribution in [-0.4, -0.2) is 68.8 Å². The Bertz CT molecular complexity index is 561. The number of hydrogen-bond donors (Lipinski definition) is 0. The van der Waals surface area contributed by atoms with Crippen molar-refractivity contribution in [3.8, 4) is 0 Å². The lowest BCUT2D eigenvalue weighted by Crippen LogP contribution is -2.36. The van der Waals surface area contributed by atoms with Crippen LogP contribution in [0.5, 0.6) is 0 Å². The van der Waals surface area contributed by atoms with Crippen molar-refractivity contribution < 1.29 is 14.3 Å². The van der Waals surface area contributed by atoms with Crippen LogP contribution >= 0.6 is 0 Å². The van der Waals surface area contributed by atoms with E-state index in [0.29, 0.717) is 26.1 Å². The van der Waals surface area contributed by atoms with Gasteiger partial charge in [-0.25, -0.2) is 9.78 Å². The maximum atomic E-state index is 12.4. The van der Waals surface area contributed by atoms with Crippen molar-refractivity contribution in [2.45, 2.75) is 44.2 Å². The summed E-state index contributed by atoms with van der Waals surface area (Å²) < 4.78 is 7.31. The van der Waals surface area contributed by atoms with Gasteiger partial charge in [-0.1, -0.05) is 0 Å². The van der Waals surface area contributed by atoms with E-state index < -0.39 is 5.60 Å². The predicted molar refractivity (Wildman–Crippen MR) is 81.5 cm³/mol. The molecule has 2 aliphatic heterocycles. The van der Waals surface area contributed by atoms with Crippen LogP contribution in [0.1, 0.15) is 32.1 Å². The molecule has 0 unspecified atom stereocenters. The molecule has 3 heterocycles. The monoisotopic (exact) mass is 321 g/mol. The first-order valence-corrected chi connectivity index (χ1v) is 8.12. The minimum absolute atomic E-state index is 0.167. The molecule has 1 atom stereocenters. The Kier molecular flexibility index (Phi) is 4.49. The summed E-state index contributed by atoms with van der Waals surface area (Å²) in [7, 11) is 1.76. The fourth-order valence-corrected chi connectivity index (χ4v) is 3.37. The zero-order valence-electron chi connectivity index (χ0n) is 13.5. The minimum Gasteiger partial charge on any atom is -0.441 e. The van der Waals surface area contributed by atoms with E-state index in [9.17, 15) is 9.59 Å². The number of hydrogen-bond acceptors (Lipinski definition) is 5. The maximum absolute atomic E-state index is 12.4. The Labute approximate surface area is 135 Å². The van der Waals surface area contributed by atoms with E-state index in [1.807, 2.05) is 4.90 Å². The first-order chi connectivity index (χ1) is 11.1. The van der Waals surface area contributed by atoms with Crippen molar-refractivity contribution in [1.29, 1.82) is 0 Å². The molecule has 0 saturated carbocycles. The highest BCUT2D eigenvalue weighted by Gasteiger charge is 2.44. The van der Waals surface area contributed by atoms with E-state index in [-0.39, 0.29) is 12.0 Å². The van der Waals surface area contributed by atoms with E-state index in [1.165, 1.54) is 6.33 Å². The van der Waals surface area contributed by atoms with Gasteiger partial charge in [0.2, 0.25) is 5.91 Å². The van der Waals surface area contributed by atoms with Gasteiger partial charge in [0.1, 0.15) is 18.3 Å². The highest BCUT2D eigenvalue weighted by atomic mass is 16.6. The summed E-state index contributed by atoms with van der Waals surface area (Å²) in [5.74, 6) is 0.167. The summed E-state index contributed by atoms with van der Waals surface area (Å²) in [5, 5.41) is 4.03. The van der Waals surface area contributed by atoms with Crippen LogP contribution in [0.2, 0.25) is 0 Å². The quantitative estimate of drug-likeness (QED) is 0.823. The largest absolute Gasteiger partial charge is 0.441 e. The standard InChI is InChI=1S/C15H23N5O3/c1-18-10-15(23-14(18)22)5-3-7-19(9-6-15)13(21)4-2-8-20-12-16-11-17-20/h11-12H,2-10H2,1H3/t15-/m1/s1. The van der Waals surface area contributed by atoms with Gasteiger partial charge in [0.25, 0.3) is 0 Å². The van der Waals surface area contributed by atoms with Crippen molar-refractivity contribution >= 4 is 12.0 Å². The first kappa shape index (κ1) is 15.8. The second-order valence-electron chi connectivity index (χ2n) is 6.40. The highest BCUT2D eigenvalue weighted by molar-refractivity contribution is 5.76. The Morgan fingerprint density at radius 1 is 1.39 bits per heavy atom. The summed E-state index contributed by atoms with van der Waals surface area (Å²) >= 11 is 0. The van der Waals surface area contributed by atoms with E-state index in [0.717, 1.165) is 32.2 Å². The van der Waals surface area contributed by atoms with Gasteiger partial charge in [-0.15, -0.1) is 0 Å². The Morgan fingerprint density at radius 3 is 2.96 bits per heavy atom. The molecule has 23 heavy (non-hydrogen) atoms. The molecule has 126 valence electrons. The summed E-state index contributed by atoms with van der Waals surface area (Å²) in [5.41, 5.74) is -0.401. The number of ether oxygens (including phenoxy) is 1. The lowest BCUT2D eigenvalue weighted by Gasteiger charge is -2.25. The van der Waals surface area contributed by atoms with Crippen LogP contribution in [-0.2, 0) is 16.1 Å². The fraction of sp³-hybridized carbons (Fsp3) is 0.733. The molecule has 8 nitrogen and oxygen atoms in total. The molecular weight excluding hydrogens is 298 g/mol. The molecule has 1 aromatic rings. The van der Waals surface area contributed by atoms with Gasteiger partial charge < -0.3 is 14.5 Å². The Hall–Kier alpha value is -2.12. The molecule has 0 bridgehead atoms. The second-order valence-corrected chi connectivity index (χ2v) is 6.40. The number of carbonyl (C=O) groups is 2. The third kappa shape index (κ3) is 3.62. The van der Waals surface area contributed by atoms with Crippen molar-refractivity contribution in [1.82, 2.24) is 24.6 Å². The molecule has 8 heteroatoms. The van der Waals surface area contributed by atoms with Gasteiger partial charge >= 0.3 is 6.09 Å². The van der Waals surface area contributed by atoms with Crippen molar-refractivity contribution in [3.05, 3.63) is 12.7 Å². The molecule has 1 aromatic heterocycles. The van der Waals surface area contributed by atoms with Gasteiger partial charge in [-0.3, -0.25) is 9.48 Å². The molecule has 0 radical (unpaired) electrons. The molecule has 0 aromatic carbocycles. The van der Waals surface area contributed by atoms with Gasteiger partial charge in [0.15, 0.2) is 0 Å². The zero-order chi connectivity index (χ0) is 16.3. The molecule has 0 N–H and O–H groups in total. The predicted octanol–water partition coefficient (Wildman–Crippen LogP) is 0.892. The smallest absolute Gasteiger partial charge is 0.410 e. The molecule has 2 saturated heterocycles. The average Bonchev–Trinajstić information content (AvgIpc) is 3.06. The SMILES string of the molecule is CN1C[C@]2(CCCN(C(=O)CCCn3cncn3)CC2)OC1=O. The molecule has 2 aliphatic rings. The summed E-state index contributed by atoms with van der Waals surface area (Å²) in [6.45, 7) is 2.72. The lowest BCUT2D eigenvalue weighted by molar-refractivity contribution is -0.131. The van der Waals surface area contributed by atoms with Crippen LogP contribution in [0, 0.1) is 0 Å². The number of amides is 2. The zero-order valence-corrected chi connectivity index (χ0v) is 13.5. The summed E-state index contributed by atoms with van der Waals surface area (Å²) in [6.07, 6.45) is 6.58. The molecule has 0 aliphatic carbocycles. The van der Waals surface area contributed by atoms with Gasteiger partial charge in [0, 0.05) is 39.5 Å². The van der Waals surface area contributed by atoms with E-state index >= 15 is 0 Å². The van der Waals surface area contributed by atoms with Crippen molar-refractivity contribution in [3.63, 3.8) is 0 Å². The lowest BCUT2D eigenvalue weighted by atomic mass is 9.95. The minimum atomic E-state index is -0.401. The summed E-state index contributed by atoms with van der Waals surface area (Å²) in [6, 6.07) is 0. The number of likely N-dealkylation sites (N-methyl/N-ethyl adjacent to an activating group) is 1. The number of rotatable bonds is 4. The fourth-order valence-electron chi connectivity index (χ4n) is 3.37.